The minimum absolute atomic E-state index is 0.0879. The van der Waals surface area contributed by atoms with Gasteiger partial charge >= 0.3 is 5.97 Å². The van der Waals surface area contributed by atoms with E-state index in [2.05, 4.69) is 5.32 Å². The summed E-state index contributed by atoms with van der Waals surface area (Å²) in [6, 6.07) is 4.52. The number of ether oxygens (including phenoxy) is 1. The highest BCUT2D eigenvalue weighted by Crippen LogP contribution is 2.26. The second-order valence-corrected chi connectivity index (χ2v) is 7.28. The molecule has 0 saturated carbocycles. The predicted octanol–water partition coefficient (Wildman–Crippen LogP) is 0.301. The molecule has 132 valence electrons. The average molecular weight is 356 g/mol. The number of benzene rings is 1. The van der Waals surface area contributed by atoms with Gasteiger partial charge in [-0.1, -0.05) is 6.07 Å². The maximum absolute atomic E-state index is 12.7. The molecule has 1 aliphatic heterocycles. The first-order valence-electron chi connectivity index (χ1n) is 7.50. The number of methoxy groups -OCH3 is 1. The molecule has 1 fully saturated rings. The number of carboxylic acid groups (broad SMARTS) is 1. The van der Waals surface area contributed by atoms with Gasteiger partial charge in [-0.25, -0.2) is 8.42 Å². The van der Waals surface area contributed by atoms with Crippen LogP contribution in [0.15, 0.2) is 29.2 Å². The lowest BCUT2D eigenvalue weighted by atomic mass is 10.2. The molecule has 24 heavy (non-hydrogen) atoms. The Balaban J connectivity index is 2.23. The number of aliphatic carboxylic acids is 1. The molecule has 2 rings (SSSR count). The van der Waals surface area contributed by atoms with E-state index in [1.165, 1.54) is 31.4 Å². The fraction of sp³-hybridized carbons (Fsp3) is 0.467. The van der Waals surface area contributed by atoms with Gasteiger partial charge < -0.3 is 15.2 Å². The summed E-state index contributed by atoms with van der Waals surface area (Å²) in [7, 11) is -2.46. The van der Waals surface area contributed by atoms with Crippen molar-refractivity contribution in [2.75, 3.05) is 26.8 Å². The monoisotopic (exact) mass is 356 g/mol. The molecule has 1 saturated heterocycles. The zero-order chi connectivity index (χ0) is 17.7. The molecule has 1 unspecified atom stereocenters. The summed E-state index contributed by atoms with van der Waals surface area (Å²) in [5.74, 6) is -1.58. The number of hydrogen-bond acceptors (Lipinski definition) is 5. The van der Waals surface area contributed by atoms with Crippen LogP contribution in [0, 0.1) is 0 Å². The molecule has 2 N–H and O–H groups in total. The number of rotatable bonds is 7. The maximum atomic E-state index is 12.7. The van der Waals surface area contributed by atoms with Crippen LogP contribution in [0.3, 0.4) is 0 Å². The van der Waals surface area contributed by atoms with E-state index in [0.717, 1.165) is 4.31 Å². The number of carbonyl (C=O) groups is 2. The molecule has 0 spiro atoms. The molecule has 0 aromatic heterocycles. The van der Waals surface area contributed by atoms with Crippen LogP contribution in [0.5, 0.6) is 0 Å². The van der Waals surface area contributed by atoms with Crippen LogP contribution in [0.4, 0.5) is 0 Å². The molecule has 1 heterocycles. The Bertz CT molecular complexity index is 718. The van der Waals surface area contributed by atoms with E-state index in [-0.39, 0.29) is 23.4 Å². The highest BCUT2D eigenvalue weighted by Gasteiger charge is 2.39. The maximum Gasteiger partial charge on any atom is 0.322 e. The first kappa shape index (κ1) is 18.4. The Hall–Kier alpha value is -1.97. The van der Waals surface area contributed by atoms with Crippen molar-refractivity contribution in [1.82, 2.24) is 9.62 Å². The smallest absolute Gasteiger partial charge is 0.322 e. The molecule has 1 aromatic carbocycles. The lowest BCUT2D eigenvalue weighted by Gasteiger charge is -2.21. The van der Waals surface area contributed by atoms with Gasteiger partial charge in [0.15, 0.2) is 0 Å². The van der Waals surface area contributed by atoms with E-state index in [9.17, 15) is 23.1 Å². The van der Waals surface area contributed by atoms with Crippen molar-refractivity contribution in [2.45, 2.75) is 23.8 Å². The quantitative estimate of drug-likeness (QED) is 0.680. The topological polar surface area (TPSA) is 113 Å². The Morgan fingerprint density at radius 3 is 2.83 bits per heavy atom. The first-order chi connectivity index (χ1) is 11.4. The molecule has 1 aromatic rings. The standard InChI is InChI=1S/C15H20N2O6S/c1-23-9-7-16-14(18)11-4-2-5-12(10-11)24(21,22)17-8-3-6-13(17)15(19)20/h2,4-5,10,13H,3,6-9H2,1H3,(H,16,18)(H,19,20). The molecule has 0 radical (unpaired) electrons. The van der Waals surface area contributed by atoms with Crippen LogP contribution >= 0.6 is 0 Å². The summed E-state index contributed by atoms with van der Waals surface area (Å²) in [4.78, 5) is 23.2. The van der Waals surface area contributed by atoms with Crippen LogP contribution in [0.1, 0.15) is 23.2 Å². The Morgan fingerprint density at radius 1 is 1.42 bits per heavy atom. The fourth-order valence-electron chi connectivity index (χ4n) is 2.58. The van der Waals surface area contributed by atoms with Gasteiger partial charge in [-0.15, -0.1) is 0 Å². The van der Waals surface area contributed by atoms with E-state index in [1.807, 2.05) is 0 Å². The van der Waals surface area contributed by atoms with Crippen molar-refractivity contribution in [1.29, 1.82) is 0 Å². The molecule has 1 aliphatic rings. The largest absolute Gasteiger partial charge is 0.480 e. The molecule has 8 nitrogen and oxygen atoms in total. The zero-order valence-electron chi connectivity index (χ0n) is 13.3. The Morgan fingerprint density at radius 2 is 2.17 bits per heavy atom. The van der Waals surface area contributed by atoms with E-state index in [0.29, 0.717) is 19.6 Å². The lowest BCUT2D eigenvalue weighted by molar-refractivity contribution is -0.140. The molecule has 9 heteroatoms. The zero-order valence-corrected chi connectivity index (χ0v) is 14.1. The van der Waals surface area contributed by atoms with Crippen LogP contribution < -0.4 is 5.32 Å². The van der Waals surface area contributed by atoms with E-state index in [1.54, 1.807) is 0 Å². The van der Waals surface area contributed by atoms with E-state index in [4.69, 9.17) is 4.74 Å². The van der Waals surface area contributed by atoms with Crippen molar-refractivity contribution in [3.05, 3.63) is 29.8 Å². The summed E-state index contributed by atoms with van der Waals surface area (Å²) in [6.07, 6.45) is 0.777. The molecule has 1 atom stereocenters. The van der Waals surface area contributed by atoms with Crippen molar-refractivity contribution in [2.24, 2.45) is 0 Å². The van der Waals surface area contributed by atoms with Crippen LogP contribution in [0.25, 0.3) is 0 Å². The number of hydrogen-bond donors (Lipinski definition) is 2. The normalized spacial score (nSPS) is 18.5. The predicted molar refractivity (Wildman–Crippen MR) is 85.2 cm³/mol. The van der Waals surface area contributed by atoms with Gasteiger partial charge in [0.2, 0.25) is 10.0 Å². The Kier molecular flexibility index (Phi) is 5.92. The molecular formula is C15H20N2O6S. The van der Waals surface area contributed by atoms with Gasteiger partial charge in [-0.05, 0) is 31.0 Å². The highest BCUT2D eigenvalue weighted by molar-refractivity contribution is 7.89. The summed E-state index contributed by atoms with van der Waals surface area (Å²) in [5, 5.41) is 11.8. The summed E-state index contributed by atoms with van der Waals surface area (Å²) in [5.41, 5.74) is 0.193. The van der Waals surface area contributed by atoms with Gasteiger partial charge in [-0.3, -0.25) is 9.59 Å². The SMILES string of the molecule is COCCNC(=O)c1cccc(S(=O)(=O)N2CCCC2C(=O)O)c1. The van der Waals surface area contributed by atoms with Gasteiger partial charge in [0.05, 0.1) is 11.5 Å². The molecule has 0 aliphatic carbocycles. The second kappa shape index (κ2) is 7.73. The van der Waals surface area contributed by atoms with Crippen molar-refractivity contribution < 1.29 is 27.9 Å². The minimum Gasteiger partial charge on any atom is -0.480 e. The van der Waals surface area contributed by atoms with Crippen molar-refractivity contribution in [3.8, 4) is 0 Å². The summed E-state index contributed by atoms with van der Waals surface area (Å²) < 4.78 is 31.2. The molecule has 0 bridgehead atoms. The van der Waals surface area contributed by atoms with Crippen molar-refractivity contribution in [3.63, 3.8) is 0 Å². The first-order valence-corrected chi connectivity index (χ1v) is 8.94. The van der Waals surface area contributed by atoms with E-state index < -0.39 is 27.9 Å². The van der Waals surface area contributed by atoms with Gasteiger partial charge in [0, 0.05) is 25.8 Å². The third-order valence-electron chi connectivity index (χ3n) is 3.78. The number of nitrogens with zero attached hydrogens (tertiary/aromatic N) is 1. The number of nitrogens with one attached hydrogen (secondary N) is 1. The average Bonchev–Trinajstić information content (AvgIpc) is 3.06. The number of sulfonamides is 1. The van der Waals surface area contributed by atoms with Crippen LogP contribution in [-0.4, -0.2) is 62.6 Å². The van der Waals surface area contributed by atoms with Crippen LogP contribution in [-0.2, 0) is 19.6 Å². The number of amides is 1. The number of carboxylic acids is 1. The van der Waals surface area contributed by atoms with Crippen LogP contribution in [0.2, 0.25) is 0 Å². The minimum atomic E-state index is -3.97. The molecular weight excluding hydrogens is 336 g/mol. The summed E-state index contributed by atoms with van der Waals surface area (Å²) >= 11 is 0. The Labute approximate surface area is 140 Å². The van der Waals surface area contributed by atoms with Gasteiger partial charge in [-0.2, -0.15) is 4.31 Å². The second-order valence-electron chi connectivity index (χ2n) is 5.39. The third kappa shape index (κ3) is 3.92. The highest BCUT2D eigenvalue weighted by atomic mass is 32.2. The van der Waals surface area contributed by atoms with E-state index >= 15 is 0 Å². The molecule has 1 amide bonds. The third-order valence-corrected chi connectivity index (χ3v) is 5.69. The van der Waals surface area contributed by atoms with Gasteiger partial charge in [0.1, 0.15) is 6.04 Å². The summed E-state index contributed by atoms with van der Waals surface area (Å²) in [6.45, 7) is 0.806. The lowest BCUT2D eigenvalue weighted by Crippen LogP contribution is -2.40. The van der Waals surface area contributed by atoms with Gasteiger partial charge in [0.25, 0.3) is 5.91 Å². The fourth-order valence-corrected chi connectivity index (χ4v) is 4.27. The van der Waals surface area contributed by atoms with Crippen molar-refractivity contribution >= 4 is 21.9 Å². The number of carbonyl (C=O) groups excluding carboxylic acids is 1.